The predicted octanol–water partition coefficient (Wildman–Crippen LogP) is 4.49. The number of benzene rings is 1. The summed E-state index contributed by atoms with van der Waals surface area (Å²) in [6, 6.07) is 4.53. The van der Waals surface area contributed by atoms with Crippen LogP contribution in [0.2, 0.25) is 5.02 Å². The fourth-order valence-corrected chi connectivity index (χ4v) is 4.07. The Morgan fingerprint density at radius 1 is 1.27 bits per heavy atom. The Balaban J connectivity index is 1.65. The lowest BCUT2D eigenvalue weighted by Gasteiger charge is -2.32. The first-order valence-corrected chi connectivity index (χ1v) is 10.4. The van der Waals surface area contributed by atoms with Crippen molar-refractivity contribution in [3.05, 3.63) is 69.6 Å². The van der Waals surface area contributed by atoms with E-state index in [2.05, 4.69) is 10.1 Å². The molecule has 7 nitrogen and oxygen atoms in total. The molecule has 0 bridgehead atoms. The number of alkyl halides is 3. The highest BCUT2D eigenvalue weighted by atomic mass is 35.5. The van der Waals surface area contributed by atoms with E-state index in [1.807, 2.05) is 6.92 Å². The number of ketones is 1. The monoisotopic (exact) mass is 477 g/mol. The number of Topliss-reactive ketones (excluding diaryl/α,β-unsaturated/α-hetero) is 1. The van der Waals surface area contributed by atoms with Crippen LogP contribution in [0.4, 0.5) is 24.7 Å². The number of nitrogens with two attached hydrogens (primary N) is 1. The lowest BCUT2D eigenvalue weighted by molar-refractivity contribution is -0.137. The molecule has 4 rings (SSSR count). The van der Waals surface area contributed by atoms with Crippen molar-refractivity contribution in [3.63, 3.8) is 0 Å². The maximum atomic E-state index is 13.3. The average molecular weight is 478 g/mol. The molecule has 1 amide bonds. The van der Waals surface area contributed by atoms with Gasteiger partial charge in [-0.3, -0.25) is 14.3 Å². The summed E-state index contributed by atoms with van der Waals surface area (Å²) in [7, 11) is 0. The predicted molar refractivity (Wildman–Crippen MR) is 116 cm³/mol. The van der Waals surface area contributed by atoms with Crippen LogP contribution >= 0.6 is 11.6 Å². The van der Waals surface area contributed by atoms with Crippen molar-refractivity contribution in [1.82, 2.24) is 14.8 Å². The van der Waals surface area contributed by atoms with Gasteiger partial charge in [-0.2, -0.15) is 18.3 Å². The fourth-order valence-electron chi connectivity index (χ4n) is 3.79. The van der Waals surface area contributed by atoms with Gasteiger partial charge in [0.1, 0.15) is 11.5 Å². The van der Waals surface area contributed by atoms with Crippen LogP contribution in [0.3, 0.4) is 0 Å². The second-order valence-electron chi connectivity index (χ2n) is 7.92. The van der Waals surface area contributed by atoms with Gasteiger partial charge in [-0.15, -0.1) is 0 Å². The highest BCUT2D eigenvalue weighted by molar-refractivity contribution is 6.31. The molecular formula is C22H19ClF3N5O2. The molecule has 11 heteroatoms. The largest absolute Gasteiger partial charge is 0.417 e. The molecular weight excluding hydrogens is 459 g/mol. The molecule has 1 aliphatic rings. The molecule has 1 aromatic carbocycles. The number of anilines is 2. The number of aryl methyl sites for hydroxylation is 1. The molecule has 0 spiro atoms. The van der Waals surface area contributed by atoms with Crippen LogP contribution in [-0.2, 0) is 12.6 Å². The number of halogens is 4. The Kier molecular flexibility index (Phi) is 5.65. The summed E-state index contributed by atoms with van der Waals surface area (Å²) in [5, 5.41) is 3.77. The zero-order chi connectivity index (χ0) is 24.1. The molecule has 3 heterocycles. The van der Waals surface area contributed by atoms with Gasteiger partial charge in [-0.1, -0.05) is 11.6 Å². The summed E-state index contributed by atoms with van der Waals surface area (Å²) < 4.78 is 40.7. The zero-order valence-corrected chi connectivity index (χ0v) is 18.4. The summed E-state index contributed by atoms with van der Waals surface area (Å²) in [6.07, 6.45) is -1.86. The number of nitrogens with zero attached hydrogens (tertiary/aromatic N) is 4. The van der Waals surface area contributed by atoms with Gasteiger partial charge >= 0.3 is 6.18 Å². The number of hydrogen-bond donors (Lipinski definition) is 1. The molecule has 3 aromatic rings. The number of amides is 1. The molecule has 1 aliphatic heterocycles. The number of pyridine rings is 1. The van der Waals surface area contributed by atoms with Gasteiger partial charge in [0.25, 0.3) is 5.91 Å². The number of fused-ring (bicyclic) bond motifs is 1. The molecule has 0 radical (unpaired) electrons. The Labute approximate surface area is 192 Å². The van der Waals surface area contributed by atoms with Crippen LogP contribution in [0, 0.1) is 6.92 Å². The van der Waals surface area contributed by atoms with Crippen molar-refractivity contribution in [2.24, 2.45) is 0 Å². The standard InChI is InChI=1S/C22H19ClF3N5O2/c1-11-5-13(8-28-20(11)27)18(32)6-14-9-29-31-12(2)10-30(21(33)19(14)31)15-3-4-16(17(23)7-15)22(24,25)26/h3-5,7-9,12H,6,10H2,1-2H3,(H2,27,28)/t12-/m0/s1. The van der Waals surface area contributed by atoms with Gasteiger partial charge in [0.2, 0.25) is 0 Å². The topological polar surface area (TPSA) is 94.1 Å². The molecule has 2 N–H and O–H groups in total. The highest BCUT2D eigenvalue weighted by Gasteiger charge is 2.36. The van der Waals surface area contributed by atoms with E-state index in [-0.39, 0.29) is 36.2 Å². The van der Waals surface area contributed by atoms with Gasteiger partial charge < -0.3 is 10.6 Å². The normalized spacial score (nSPS) is 16.1. The lowest BCUT2D eigenvalue weighted by atomic mass is 10.0. The molecule has 0 fully saturated rings. The van der Waals surface area contributed by atoms with Crippen LogP contribution in [0.5, 0.6) is 0 Å². The van der Waals surface area contributed by atoms with Crippen molar-refractivity contribution in [1.29, 1.82) is 0 Å². The van der Waals surface area contributed by atoms with E-state index in [9.17, 15) is 22.8 Å². The van der Waals surface area contributed by atoms with Gasteiger partial charge in [0, 0.05) is 36.0 Å². The second kappa shape index (κ2) is 8.18. The first-order valence-electron chi connectivity index (χ1n) is 9.97. The van der Waals surface area contributed by atoms with Crippen LogP contribution in [-0.4, -0.2) is 33.0 Å². The first kappa shape index (κ1) is 22.8. The van der Waals surface area contributed by atoms with Crippen molar-refractivity contribution >= 4 is 34.8 Å². The summed E-state index contributed by atoms with van der Waals surface area (Å²) in [5.41, 5.74) is 6.59. The molecule has 0 aliphatic carbocycles. The molecule has 172 valence electrons. The van der Waals surface area contributed by atoms with Gasteiger partial charge in [0.05, 0.1) is 22.8 Å². The molecule has 2 aromatic heterocycles. The number of hydrogen-bond acceptors (Lipinski definition) is 5. The third-order valence-corrected chi connectivity index (χ3v) is 5.86. The van der Waals surface area contributed by atoms with Crippen molar-refractivity contribution in [2.75, 3.05) is 17.2 Å². The maximum absolute atomic E-state index is 13.3. The summed E-state index contributed by atoms with van der Waals surface area (Å²) in [4.78, 5) is 31.5. The molecule has 33 heavy (non-hydrogen) atoms. The van der Waals surface area contributed by atoms with Crippen LogP contribution in [0.25, 0.3) is 0 Å². The van der Waals surface area contributed by atoms with E-state index in [1.165, 1.54) is 28.0 Å². The SMILES string of the molecule is Cc1cc(C(=O)Cc2cnn3c2C(=O)N(c2ccc(C(F)(F)F)c(Cl)c2)C[C@@H]3C)cnc1N. The van der Waals surface area contributed by atoms with Crippen molar-refractivity contribution in [3.8, 4) is 0 Å². The summed E-state index contributed by atoms with van der Waals surface area (Å²) >= 11 is 5.85. The summed E-state index contributed by atoms with van der Waals surface area (Å²) in [6.45, 7) is 3.74. The number of carbonyl (C=O) groups is 2. The van der Waals surface area contributed by atoms with E-state index in [1.54, 1.807) is 13.0 Å². The Morgan fingerprint density at radius 2 is 2.00 bits per heavy atom. The molecule has 1 atom stereocenters. The van der Waals surface area contributed by atoms with Crippen LogP contribution in [0.1, 0.15) is 50.5 Å². The minimum Gasteiger partial charge on any atom is -0.383 e. The second-order valence-corrected chi connectivity index (χ2v) is 8.32. The van der Waals surface area contributed by atoms with E-state index < -0.39 is 22.7 Å². The van der Waals surface area contributed by atoms with Crippen molar-refractivity contribution < 1.29 is 22.8 Å². The van der Waals surface area contributed by atoms with E-state index in [0.29, 0.717) is 22.5 Å². The third-order valence-electron chi connectivity index (χ3n) is 5.54. The molecule has 0 saturated carbocycles. The maximum Gasteiger partial charge on any atom is 0.417 e. The number of carbonyl (C=O) groups excluding carboxylic acids is 2. The fraction of sp³-hybridized carbons (Fsp3) is 0.273. The first-order chi connectivity index (χ1) is 15.5. The zero-order valence-electron chi connectivity index (χ0n) is 17.7. The third kappa shape index (κ3) is 4.18. The molecule has 0 unspecified atom stereocenters. The number of rotatable bonds is 4. The Morgan fingerprint density at radius 3 is 2.64 bits per heavy atom. The average Bonchev–Trinajstić information content (AvgIpc) is 3.16. The Bertz CT molecular complexity index is 1270. The van der Waals surface area contributed by atoms with Gasteiger partial charge in [-0.05, 0) is 43.7 Å². The van der Waals surface area contributed by atoms with E-state index >= 15 is 0 Å². The van der Waals surface area contributed by atoms with E-state index in [4.69, 9.17) is 17.3 Å². The summed E-state index contributed by atoms with van der Waals surface area (Å²) in [5.74, 6) is -0.420. The van der Waals surface area contributed by atoms with Crippen LogP contribution in [0.15, 0.2) is 36.7 Å². The minimum atomic E-state index is -4.60. The quantitative estimate of drug-likeness (QED) is 0.559. The van der Waals surface area contributed by atoms with Crippen molar-refractivity contribution in [2.45, 2.75) is 32.5 Å². The van der Waals surface area contributed by atoms with Gasteiger partial charge in [-0.25, -0.2) is 4.98 Å². The highest BCUT2D eigenvalue weighted by Crippen LogP contribution is 2.38. The van der Waals surface area contributed by atoms with Crippen LogP contribution < -0.4 is 10.6 Å². The van der Waals surface area contributed by atoms with Gasteiger partial charge in [0.15, 0.2) is 5.78 Å². The minimum absolute atomic E-state index is 0.0968. The number of aromatic nitrogens is 3. The number of nitrogen functional groups attached to an aromatic ring is 1. The molecule has 0 saturated heterocycles. The lowest BCUT2D eigenvalue weighted by Crippen LogP contribution is -2.43. The smallest absolute Gasteiger partial charge is 0.383 e. The Hall–Kier alpha value is -3.40. The van der Waals surface area contributed by atoms with E-state index in [0.717, 1.165) is 12.1 Å².